The molecule has 0 saturated heterocycles. The number of benzene rings is 2. The molecule has 0 saturated carbocycles. The predicted molar refractivity (Wildman–Crippen MR) is 163 cm³/mol. The Balaban J connectivity index is 1.52. The molecule has 0 aromatic heterocycles. The topological polar surface area (TPSA) is 52.6 Å². The molecule has 0 radical (unpaired) electrons. The smallest absolute Gasteiger partial charge is 0.308 e. The third kappa shape index (κ3) is 12.3. The van der Waals surface area contributed by atoms with Gasteiger partial charge in [-0.15, -0.1) is 0 Å². The molecule has 0 aliphatic rings. The second-order valence-corrected chi connectivity index (χ2v) is 12.7. The van der Waals surface area contributed by atoms with E-state index in [0.29, 0.717) is 19.3 Å². The van der Waals surface area contributed by atoms with Crippen molar-refractivity contribution in [1.29, 1.82) is 0 Å². The summed E-state index contributed by atoms with van der Waals surface area (Å²) in [6.45, 7) is 2.90. The number of thioether (sulfide) groups is 1. The highest BCUT2D eigenvalue weighted by Crippen LogP contribution is 2.36. The molecule has 0 aliphatic carbocycles. The van der Waals surface area contributed by atoms with E-state index in [-0.39, 0.29) is 11.9 Å². The highest BCUT2D eigenvalue weighted by atomic mass is 127. The quantitative estimate of drug-likeness (QED) is 0.0570. The van der Waals surface area contributed by atoms with E-state index in [1.165, 1.54) is 63.9 Å². The number of hydrogen-bond donors (Lipinski definition) is 0. The molecule has 0 bridgehead atoms. The Morgan fingerprint density at radius 3 is 1.49 bits per heavy atom. The number of hydrogen-bond acceptors (Lipinski definition) is 5. The number of esters is 2. The van der Waals surface area contributed by atoms with Crippen molar-refractivity contribution < 1.29 is 19.1 Å². The number of carbonyl (C=O) groups excluding carboxylic acids is 2. The summed E-state index contributed by atoms with van der Waals surface area (Å²) in [6.07, 6.45) is 9.55. The number of alkyl halides is 2. The van der Waals surface area contributed by atoms with Crippen molar-refractivity contribution in [3.8, 4) is 11.5 Å². The lowest BCUT2D eigenvalue weighted by Crippen LogP contribution is -2.04. The molecule has 35 heavy (non-hydrogen) atoms. The normalized spacial score (nSPS) is 12.7. The lowest BCUT2D eigenvalue weighted by atomic mass is 10.1. The number of ether oxygens (including phenoxy) is 2. The number of unbranched alkanes of at least 4 members (excludes halogenated alkanes) is 4. The van der Waals surface area contributed by atoms with E-state index >= 15 is 0 Å². The van der Waals surface area contributed by atoms with Gasteiger partial charge in [0.15, 0.2) is 0 Å². The van der Waals surface area contributed by atoms with E-state index in [9.17, 15) is 9.59 Å². The number of halogens is 2. The van der Waals surface area contributed by atoms with E-state index in [1.54, 1.807) is 0 Å². The Morgan fingerprint density at radius 1 is 0.686 bits per heavy atom. The molecule has 7 heteroatoms. The lowest BCUT2D eigenvalue weighted by Gasteiger charge is -2.14. The molecule has 0 heterocycles. The molecule has 0 fully saturated rings. The zero-order valence-corrected chi connectivity index (χ0v) is 25.8. The fourth-order valence-electron chi connectivity index (χ4n) is 3.80. The third-order valence-electron chi connectivity index (χ3n) is 5.51. The summed E-state index contributed by atoms with van der Waals surface area (Å²) in [5.41, 5.74) is 2.22. The summed E-state index contributed by atoms with van der Waals surface area (Å²) >= 11 is 6.99. The van der Waals surface area contributed by atoms with Crippen LogP contribution in [0.4, 0.5) is 0 Å². The van der Waals surface area contributed by atoms with Crippen LogP contribution in [-0.4, -0.2) is 23.4 Å². The largest absolute Gasteiger partial charge is 0.426 e. The van der Waals surface area contributed by atoms with Crippen molar-refractivity contribution in [2.45, 2.75) is 73.1 Å². The van der Waals surface area contributed by atoms with E-state index in [1.807, 2.05) is 36.4 Å². The van der Waals surface area contributed by atoms with E-state index in [4.69, 9.17) is 9.47 Å². The second kappa shape index (κ2) is 17.6. The van der Waals surface area contributed by atoms with E-state index in [0.717, 1.165) is 24.0 Å². The van der Waals surface area contributed by atoms with Crippen LogP contribution in [0.1, 0.15) is 84.2 Å². The van der Waals surface area contributed by atoms with Gasteiger partial charge in [-0.2, -0.15) is 11.8 Å². The summed E-state index contributed by atoms with van der Waals surface area (Å²) in [5, 5.41) is 0. The van der Waals surface area contributed by atoms with Crippen LogP contribution in [0.3, 0.4) is 0 Å². The Labute approximate surface area is 242 Å². The van der Waals surface area contributed by atoms with Crippen molar-refractivity contribution in [2.75, 3.05) is 11.5 Å². The van der Waals surface area contributed by atoms with Crippen LogP contribution in [0.5, 0.6) is 11.5 Å². The van der Waals surface area contributed by atoms with E-state index < -0.39 is 0 Å². The van der Waals surface area contributed by atoms with Gasteiger partial charge in [0.2, 0.25) is 0 Å². The zero-order valence-electron chi connectivity index (χ0n) is 20.6. The lowest BCUT2D eigenvalue weighted by molar-refractivity contribution is -0.132. The summed E-state index contributed by atoms with van der Waals surface area (Å²) < 4.78 is 11.4. The molecule has 2 atom stereocenters. The van der Waals surface area contributed by atoms with Gasteiger partial charge in [0, 0.05) is 32.8 Å². The van der Waals surface area contributed by atoms with Crippen molar-refractivity contribution >= 4 is 68.9 Å². The minimum Gasteiger partial charge on any atom is -0.426 e. The first-order valence-corrected chi connectivity index (χ1v) is 15.9. The highest BCUT2D eigenvalue weighted by molar-refractivity contribution is 14.1. The highest BCUT2D eigenvalue weighted by Gasteiger charge is 2.15. The Kier molecular flexibility index (Phi) is 15.3. The molecule has 0 aliphatic heterocycles. The van der Waals surface area contributed by atoms with Crippen LogP contribution in [0, 0.1) is 0 Å². The monoisotopic (exact) mass is 722 g/mol. The molecule has 0 amide bonds. The van der Waals surface area contributed by atoms with Gasteiger partial charge in [-0.05, 0) is 49.3 Å². The standard InChI is InChI=1S/C28H36I2O4S/c1-21(31)33-27-17-9-7-13-23(27)25(29)15-5-3-11-19-35-20-12-4-6-16-26(30)24-14-8-10-18-28(24)34-22(2)32/h7-10,13-14,17-18,25-26H,3-6,11-12,15-16,19-20H2,1-2H3. The van der Waals surface area contributed by atoms with Gasteiger partial charge in [0.25, 0.3) is 0 Å². The van der Waals surface area contributed by atoms with Gasteiger partial charge in [0.05, 0.1) is 0 Å². The molecule has 2 unspecified atom stereocenters. The molecule has 2 rings (SSSR count). The number of rotatable bonds is 16. The SMILES string of the molecule is CC(=O)Oc1ccccc1C(I)CCCCCSCCCCCC(I)c1ccccc1OC(C)=O. The zero-order chi connectivity index (χ0) is 25.5. The van der Waals surface area contributed by atoms with Crippen LogP contribution in [-0.2, 0) is 9.59 Å². The maximum atomic E-state index is 11.3. The molecular weight excluding hydrogens is 686 g/mol. The summed E-state index contributed by atoms with van der Waals surface area (Å²) in [6, 6.07) is 15.7. The molecule has 2 aromatic carbocycles. The van der Waals surface area contributed by atoms with Crippen molar-refractivity contribution in [3.05, 3.63) is 59.7 Å². The van der Waals surface area contributed by atoms with Crippen LogP contribution >= 0.6 is 56.9 Å². The average Bonchev–Trinajstić information content (AvgIpc) is 2.82. The first-order chi connectivity index (χ1) is 16.9. The van der Waals surface area contributed by atoms with Crippen molar-refractivity contribution in [2.24, 2.45) is 0 Å². The van der Waals surface area contributed by atoms with Gasteiger partial charge >= 0.3 is 11.9 Å². The van der Waals surface area contributed by atoms with Crippen LogP contribution in [0.15, 0.2) is 48.5 Å². The molecule has 192 valence electrons. The molecule has 2 aromatic rings. The van der Waals surface area contributed by atoms with Crippen molar-refractivity contribution in [1.82, 2.24) is 0 Å². The van der Waals surface area contributed by atoms with Crippen molar-refractivity contribution in [3.63, 3.8) is 0 Å². The van der Waals surface area contributed by atoms with Gasteiger partial charge in [-0.3, -0.25) is 9.59 Å². The minimum absolute atomic E-state index is 0.267. The summed E-state index contributed by atoms with van der Waals surface area (Å²) in [7, 11) is 0. The minimum atomic E-state index is -0.267. The second-order valence-electron chi connectivity index (χ2n) is 8.51. The van der Waals surface area contributed by atoms with Crippen LogP contribution in [0.2, 0.25) is 0 Å². The van der Waals surface area contributed by atoms with Crippen LogP contribution < -0.4 is 9.47 Å². The maximum absolute atomic E-state index is 11.3. The third-order valence-corrected chi connectivity index (χ3v) is 9.26. The van der Waals surface area contributed by atoms with Crippen LogP contribution in [0.25, 0.3) is 0 Å². The Morgan fingerprint density at radius 2 is 1.09 bits per heavy atom. The first kappa shape index (κ1) is 30.4. The Hall–Kier alpha value is -0.810. The first-order valence-electron chi connectivity index (χ1n) is 12.3. The number of para-hydroxylation sites is 2. The molecular formula is C28H36I2O4S. The predicted octanol–water partition coefficient (Wildman–Crippen LogP) is 9.04. The average molecular weight is 722 g/mol. The maximum Gasteiger partial charge on any atom is 0.308 e. The van der Waals surface area contributed by atoms with Gasteiger partial charge in [0.1, 0.15) is 11.5 Å². The van der Waals surface area contributed by atoms with E-state index in [2.05, 4.69) is 69.1 Å². The molecule has 4 nitrogen and oxygen atoms in total. The molecule has 0 spiro atoms. The fraction of sp³-hybridized carbons (Fsp3) is 0.500. The summed E-state index contributed by atoms with van der Waals surface area (Å²) in [5.74, 6) is 3.30. The Bertz CT molecular complexity index is 848. The van der Waals surface area contributed by atoms with Gasteiger partial charge < -0.3 is 9.47 Å². The van der Waals surface area contributed by atoms with Gasteiger partial charge in [-0.1, -0.05) is 107 Å². The summed E-state index contributed by atoms with van der Waals surface area (Å²) in [4.78, 5) is 22.6. The fourth-order valence-corrected chi connectivity index (χ4v) is 6.73. The number of carbonyl (C=O) groups is 2. The molecule has 0 N–H and O–H groups in total. The van der Waals surface area contributed by atoms with Gasteiger partial charge in [-0.25, -0.2) is 0 Å².